The highest BCUT2D eigenvalue weighted by Gasteiger charge is 2.20. The molecule has 4 aromatic rings. The molecule has 1 aromatic heterocycles. The lowest BCUT2D eigenvalue weighted by molar-refractivity contribution is -0.577. The van der Waals surface area contributed by atoms with E-state index in [2.05, 4.69) is 5.32 Å². The van der Waals surface area contributed by atoms with E-state index >= 15 is 0 Å². The number of halogens is 2. The molecule has 0 aliphatic heterocycles. The van der Waals surface area contributed by atoms with E-state index in [0.29, 0.717) is 21.3 Å². The van der Waals surface area contributed by atoms with Crippen LogP contribution in [0.1, 0.15) is 5.56 Å². The molecule has 0 aliphatic rings. The molecule has 0 amide bonds. The molecule has 0 saturated carbocycles. The van der Waals surface area contributed by atoms with Gasteiger partial charge in [-0.2, -0.15) is 4.57 Å². The second-order valence-corrected chi connectivity index (χ2v) is 7.82. The molecule has 0 spiro atoms. The van der Waals surface area contributed by atoms with Crippen molar-refractivity contribution in [2.24, 2.45) is 0 Å². The predicted octanol–water partition coefficient (Wildman–Crippen LogP) is 5.56. The molecule has 0 unspecified atom stereocenters. The highest BCUT2D eigenvalue weighted by molar-refractivity contribution is 7.81. The number of pyridine rings is 1. The fourth-order valence-electron chi connectivity index (χ4n) is 3.20. The summed E-state index contributed by atoms with van der Waals surface area (Å²) in [5.41, 5.74) is 1.44. The SMILES string of the molecule is [O-]C(=C(C(=S)Nc1cccc2ccccc12)[n+]1ccccc1)c1ccc(Cl)cc1Cl. The second-order valence-electron chi connectivity index (χ2n) is 6.57. The van der Waals surface area contributed by atoms with E-state index in [9.17, 15) is 5.11 Å². The Morgan fingerprint density at radius 2 is 1.60 bits per heavy atom. The topological polar surface area (TPSA) is 39.0 Å². The first-order valence-electron chi connectivity index (χ1n) is 9.17. The van der Waals surface area contributed by atoms with Crippen LogP contribution in [0.25, 0.3) is 22.2 Å². The molecule has 4 rings (SSSR count). The number of rotatable bonds is 4. The molecule has 0 radical (unpaired) electrons. The van der Waals surface area contributed by atoms with Crippen LogP contribution in [0.4, 0.5) is 5.69 Å². The number of aromatic nitrogens is 1. The number of nitrogens with one attached hydrogen (secondary N) is 1. The second kappa shape index (κ2) is 8.84. The monoisotopic (exact) mass is 450 g/mol. The minimum Gasteiger partial charge on any atom is -0.867 e. The molecule has 1 N–H and O–H groups in total. The highest BCUT2D eigenvalue weighted by Crippen LogP contribution is 2.28. The number of hydrogen-bond donors (Lipinski definition) is 1. The Hall–Kier alpha value is -2.92. The normalized spacial score (nSPS) is 11.8. The van der Waals surface area contributed by atoms with Crippen molar-refractivity contribution in [2.45, 2.75) is 0 Å². The van der Waals surface area contributed by atoms with Gasteiger partial charge in [-0.25, -0.2) is 0 Å². The maximum absolute atomic E-state index is 13.5. The summed E-state index contributed by atoms with van der Waals surface area (Å²) in [7, 11) is 0. The first-order valence-corrected chi connectivity index (χ1v) is 10.3. The molecule has 3 nitrogen and oxygen atoms in total. The van der Waals surface area contributed by atoms with Gasteiger partial charge in [0.05, 0.1) is 0 Å². The van der Waals surface area contributed by atoms with Crippen molar-refractivity contribution in [2.75, 3.05) is 5.32 Å². The van der Waals surface area contributed by atoms with Crippen LogP contribution in [0.2, 0.25) is 10.0 Å². The van der Waals surface area contributed by atoms with E-state index in [4.69, 9.17) is 35.4 Å². The quantitative estimate of drug-likeness (QED) is 0.191. The number of benzene rings is 3. The minimum absolute atomic E-state index is 0.273. The lowest BCUT2D eigenvalue weighted by atomic mass is 10.1. The van der Waals surface area contributed by atoms with Crippen molar-refractivity contribution in [3.8, 4) is 0 Å². The summed E-state index contributed by atoms with van der Waals surface area (Å²) >= 11 is 18.0. The molecular formula is C24H16Cl2N2OS. The summed E-state index contributed by atoms with van der Waals surface area (Å²) in [4.78, 5) is 0.290. The zero-order chi connectivity index (χ0) is 21.1. The highest BCUT2D eigenvalue weighted by atomic mass is 35.5. The first-order chi connectivity index (χ1) is 14.5. The third-order valence-corrected chi connectivity index (χ3v) is 5.46. The molecule has 148 valence electrons. The average Bonchev–Trinajstić information content (AvgIpc) is 2.75. The van der Waals surface area contributed by atoms with Crippen molar-refractivity contribution >= 4 is 68.3 Å². The fourth-order valence-corrected chi connectivity index (χ4v) is 4.00. The van der Waals surface area contributed by atoms with Gasteiger partial charge in [-0.1, -0.05) is 84.0 Å². The number of anilines is 1. The van der Waals surface area contributed by atoms with Gasteiger partial charge in [0.25, 0.3) is 0 Å². The van der Waals surface area contributed by atoms with Crippen LogP contribution in [0.3, 0.4) is 0 Å². The Bertz CT molecular complexity index is 1270. The number of hydrogen-bond acceptors (Lipinski definition) is 2. The zero-order valence-corrected chi connectivity index (χ0v) is 18.0. The van der Waals surface area contributed by atoms with Gasteiger partial charge in [0, 0.05) is 33.3 Å². The Kier molecular flexibility index (Phi) is 6.00. The molecule has 6 heteroatoms. The Labute approximate surface area is 189 Å². The maximum Gasteiger partial charge on any atom is 0.238 e. The van der Waals surface area contributed by atoms with Crippen molar-refractivity contribution in [3.05, 3.63) is 107 Å². The van der Waals surface area contributed by atoms with Gasteiger partial charge >= 0.3 is 0 Å². The molecule has 0 aliphatic carbocycles. The summed E-state index contributed by atoms with van der Waals surface area (Å²) < 4.78 is 1.69. The minimum atomic E-state index is -0.300. The lowest BCUT2D eigenvalue weighted by Crippen LogP contribution is -2.39. The van der Waals surface area contributed by atoms with Crippen molar-refractivity contribution in [3.63, 3.8) is 0 Å². The summed E-state index contributed by atoms with van der Waals surface area (Å²) in [5.74, 6) is -0.300. The van der Waals surface area contributed by atoms with Crippen molar-refractivity contribution < 1.29 is 9.67 Å². The van der Waals surface area contributed by atoms with Crippen LogP contribution in [0.5, 0.6) is 0 Å². The predicted molar refractivity (Wildman–Crippen MR) is 126 cm³/mol. The average molecular weight is 451 g/mol. The number of fused-ring (bicyclic) bond motifs is 1. The molecule has 3 aromatic carbocycles. The van der Waals surface area contributed by atoms with Gasteiger partial charge in [0.1, 0.15) is 0 Å². The van der Waals surface area contributed by atoms with Gasteiger partial charge in [-0.15, -0.1) is 0 Å². The van der Waals surface area contributed by atoms with Crippen LogP contribution in [0, 0.1) is 0 Å². The standard InChI is InChI=1S/C24H16Cl2N2OS/c25-17-11-12-19(20(26)15-17)23(29)22(28-13-4-1-5-14-28)24(30)27-21-10-6-8-16-7-2-3-9-18(16)21/h1-15H,(H-,27,29,30). The summed E-state index contributed by atoms with van der Waals surface area (Å²) in [6.07, 6.45) is 3.54. The van der Waals surface area contributed by atoms with Crippen LogP contribution in [-0.4, -0.2) is 4.99 Å². The summed E-state index contributed by atoms with van der Waals surface area (Å²) in [6.45, 7) is 0. The smallest absolute Gasteiger partial charge is 0.238 e. The van der Waals surface area contributed by atoms with E-state index < -0.39 is 0 Å². The summed E-state index contributed by atoms with van der Waals surface area (Å²) in [6, 6.07) is 24.2. The number of thiocarbonyl (C=S) groups is 1. The Balaban J connectivity index is 1.83. The molecule has 0 bridgehead atoms. The maximum atomic E-state index is 13.5. The van der Waals surface area contributed by atoms with E-state index in [0.717, 1.165) is 16.5 Å². The van der Waals surface area contributed by atoms with Gasteiger partial charge < -0.3 is 10.4 Å². The van der Waals surface area contributed by atoms with Crippen LogP contribution in [-0.2, 0) is 0 Å². The molecule has 0 atom stereocenters. The third kappa shape index (κ3) is 4.17. The van der Waals surface area contributed by atoms with Crippen LogP contribution in [0.15, 0.2) is 91.3 Å². The zero-order valence-electron chi connectivity index (χ0n) is 15.7. The van der Waals surface area contributed by atoms with E-state index in [-0.39, 0.29) is 10.8 Å². The van der Waals surface area contributed by atoms with Crippen LogP contribution >= 0.6 is 35.4 Å². The van der Waals surface area contributed by atoms with Crippen LogP contribution < -0.4 is 15.0 Å². The van der Waals surface area contributed by atoms with Gasteiger partial charge in [0.2, 0.25) is 5.70 Å². The van der Waals surface area contributed by atoms with Gasteiger partial charge in [0.15, 0.2) is 17.4 Å². The molecule has 1 heterocycles. The van der Waals surface area contributed by atoms with Gasteiger partial charge in [-0.05, 0) is 34.9 Å². The van der Waals surface area contributed by atoms with Crippen molar-refractivity contribution in [1.82, 2.24) is 0 Å². The number of nitrogens with zero attached hydrogens (tertiary/aromatic N) is 1. The summed E-state index contributed by atoms with van der Waals surface area (Å²) in [5, 5.41) is 19.5. The molecule has 0 fully saturated rings. The molecule has 30 heavy (non-hydrogen) atoms. The van der Waals surface area contributed by atoms with E-state index in [1.807, 2.05) is 60.7 Å². The first kappa shape index (κ1) is 20.4. The van der Waals surface area contributed by atoms with E-state index in [1.54, 1.807) is 35.2 Å². The van der Waals surface area contributed by atoms with E-state index in [1.165, 1.54) is 0 Å². The van der Waals surface area contributed by atoms with Gasteiger partial charge in [-0.3, -0.25) is 0 Å². The molecular weight excluding hydrogens is 435 g/mol. The largest absolute Gasteiger partial charge is 0.867 e. The molecule has 0 saturated heterocycles. The fraction of sp³-hybridized carbons (Fsp3) is 0. The Morgan fingerprint density at radius 1 is 0.867 bits per heavy atom. The lowest BCUT2D eigenvalue weighted by Gasteiger charge is -2.18. The third-order valence-electron chi connectivity index (χ3n) is 4.62. The Morgan fingerprint density at radius 3 is 2.37 bits per heavy atom. The van der Waals surface area contributed by atoms with Crippen molar-refractivity contribution in [1.29, 1.82) is 0 Å².